The molecule has 2 aromatic carbocycles. The zero-order valence-corrected chi connectivity index (χ0v) is 14.6. The maximum atomic E-state index is 10.9. The van der Waals surface area contributed by atoms with E-state index in [2.05, 4.69) is 36.5 Å². The Morgan fingerprint density at radius 3 is 2.52 bits per heavy atom. The minimum Gasteiger partial charge on any atom is -0.504 e. The predicted octanol–water partition coefficient (Wildman–Crippen LogP) is 2.33. The number of phenols is 1. The summed E-state index contributed by atoms with van der Waals surface area (Å²) in [6.07, 6.45) is 2.22. The number of ether oxygens (including phenoxy) is 1. The van der Waals surface area contributed by atoms with Crippen molar-refractivity contribution >= 4 is 5.91 Å². The van der Waals surface area contributed by atoms with E-state index in [0.717, 1.165) is 19.4 Å². The zero-order valence-electron chi connectivity index (χ0n) is 14.6. The van der Waals surface area contributed by atoms with E-state index in [4.69, 9.17) is 10.5 Å². The summed E-state index contributed by atoms with van der Waals surface area (Å²) in [5, 5.41) is 13.2. The molecule has 0 atom stereocenters. The normalized spacial score (nSPS) is 10.6. The molecule has 0 unspecified atom stereocenters. The minimum atomic E-state index is -0.428. The summed E-state index contributed by atoms with van der Waals surface area (Å²) in [5.41, 5.74) is 8.44. The molecular weight excluding hydrogens is 316 g/mol. The molecule has 1 amide bonds. The highest BCUT2D eigenvalue weighted by atomic mass is 16.5. The molecule has 0 aliphatic heterocycles. The lowest BCUT2D eigenvalue weighted by Gasteiger charge is -2.10. The zero-order chi connectivity index (χ0) is 18.1. The lowest BCUT2D eigenvalue weighted by atomic mass is 10.1. The van der Waals surface area contributed by atoms with Crippen LogP contribution in [0, 0.1) is 6.92 Å². The first-order valence-corrected chi connectivity index (χ1v) is 8.54. The number of amides is 1. The van der Waals surface area contributed by atoms with Crippen LogP contribution in [0.2, 0.25) is 0 Å². The van der Waals surface area contributed by atoms with Gasteiger partial charge < -0.3 is 20.9 Å². The molecule has 0 fully saturated rings. The molecule has 0 bridgehead atoms. The average Bonchev–Trinajstić information content (AvgIpc) is 2.57. The topological polar surface area (TPSA) is 84.6 Å². The highest BCUT2D eigenvalue weighted by molar-refractivity contribution is 5.76. The van der Waals surface area contributed by atoms with E-state index in [1.807, 2.05) is 0 Å². The summed E-state index contributed by atoms with van der Waals surface area (Å²) in [6.45, 7) is 4.18. The second-order valence-electron chi connectivity index (χ2n) is 6.13. The van der Waals surface area contributed by atoms with Gasteiger partial charge in [-0.15, -0.1) is 0 Å². The largest absolute Gasteiger partial charge is 0.504 e. The molecule has 5 nitrogen and oxygen atoms in total. The molecule has 25 heavy (non-hydrogen) atoms. The third-order valence-electron chi connectivity index (χ3n) is 3.88. The Kier molecular flexibility index (Phi) is 7.29. The Morgan fingerprint density at radius 2 is 1.84 bits per heavy atom. The number of nitrogens with two attached hydrogens (primary N) is 1. The molecule has 0 aromatic heterocycles. The monoisotopic (exact) mass is 342 g/mol. The number of benzene rings is 2. The van der Waals surface area contributed by atoms with Gasteiger partial charge in [-0.3, -0.25) is 4.79 Å². The van der Waals surface area contributed by atoms with Crippen LogP contribution in [0.25, 0.3) is 0 Å². The van der Waals surface area contributed by atoms with Crippen molar-refractivity contribution in [2.75, 3.05) is 19.7 Å². The number of hydrogen-bond acceptors (Lipinski definition) is 4. The van der Waals surface area contributed by atoms with E-state index in [0.29, 0.717) is 24.5 Å². The fourth-order valence-electron chi connectivity index (χ4n) is 2.53. The van der Waals surface area contributed by atoms with E-state index in [-0.39, 0.29) is 12.2 Å². The summed E-state index contributed by atoms with van der Waals surface area (Å²) in [5.74, 6) is 0.00991. The van der Waals surface area contributed by atoms with Gasteiger partial charge in [-0.2, -0.15) is 0 Å². The van der Waals surface area contributed by atoms with Crippen molar-refractivity contribution in [2.24, 2.45) is 5.73 Å². The Balaban J connectivity index is 1.61. The van der Waals surface area contributed by atoms with Crippen molar-refractivity contribution in [3.05, 3.63) is 59.2 Å². The van der Waals surface area contributed by atoms with Crippen molar-refractivity contribution in [1.82, 2.24) is 5.32 Å². The summed E-state index contributed by atoms with van der Waals surface area (Å²) in [6, 6.07) is 13.5. The number of aromatic hydroxyl groups is 1. The molecule has 2 aromatic rings. The van der Waals surface area contributed by atoms with Crippen LogP contribution in [0.4, 0.5) is 0 Å². The molecule has 0 aliphatic carbocycles. The van der Waals surface area contributed by atoms with E-state index in [9.17, 15) is 9.90 Å². The van der Waals surface area contributed by atoms with Crippen LogP contribution in [0.3, 0.4) is 0 Å². The van der Waals surface area contributed by atoms with Crippen LogP contribution in [0.1, 0.15) is 23.1 Å². The molecule has 134 valence electrons. The van der Waals surface area contributed by atoms with Crippen LogP contribution in [0.5, 0.6) is 11.5 Å². The van der Waals surface area contributed by atoms with Gasteiger partial charge in [0.05, 0.1) is 6.42 Å². The molecule has 0 radical (unpaired) electrons. The molecule has 4 N–H and O–H groups in total. The molecule has 0 saturated heterocycles. The molecule has 0 heterocycles. The number of aryl methyl sites for hydroxylation is 2. The lowest BCUT2D eigenvalue weighted by Crippen LogP contribution is -2.22. The number of carbonyl (C=O) groups is 1. The number of carbonyl (C=O) groups excluding carboxylic acids is 1. The number of phenolic OH excluding ortho intramolecular Hbond substituents is 1. The van der Waals surface area contributed by atoms with Gasteiger partial charge in [0.1, 0.15) is 6.61 Å². The van der Waals surface area contributed by atoms with Gasteiger partial charge in [0, 0.05) is 6.54 Å². The molecule has 0 saturated carbocycles. The van der Waals surface area contributed by atoms with E-state index < -0.39 is 5.91 Å². The molecule has 2 rings (SSSR count). The Labute approximate surface area is 148 Å². The quantitative estimate of drug-likeness (QED) is 0.579. The molecule has 5 heteroatoms. The number of hydrogen-bond donors (Lipinski definition) is 3. The van der Waals surface area contributed by atoms with Gasteiger partial charge in [0.2, 0.25) is 5.91 Å². The van der Waals surface area contributed by atoms with E-state index in [1.165, 1.54) is 17.2 Å². The van der Waals surface area contributed by atoms with Crippen LogP contribution in [0.15, 0.2) is 42.5 Å². The number of primary amides is 1. The first-order valence-electron chi connectivity index (χ1n) is 8.54. The Hall–Kier alpha value is -2.53. The predicted molar refractivity (Wildman–Crippen MR) is 98.9 cm³/mol. The first kappa shape index (κ1) is 18.8. The van der Waals surface area contributed by atoms with Gasteiger partial charge >= 0.3 is 0 Å². The van der Waals surface area contributed by atoms with Gasteiger partial charge in [-0.25, -0.2) is 0 Å². The smallest absolute Gasteiger partial charge is 0.221 e. The standard InChI is InChI=1S/C20H26N2O3/c1-15-4-6-16(7-5-15)3-2-10-22-11-12-25-19-9-8-17(13-18(19)23)14-20(21)24/h4-9,13,22-23H,2-3,10-12,14H2,1H3,(H2,21,24). The highest BCUT2D eigenvalue weighted by Crippen LogP contribution is 2.26. The van der Waals surface area contributed by atoms with Crippen molar-refractivity contribution < 1.29 is 14.6 Å². The third-order valence-corrected chi connectivity index (χ3v) is 3.88. The first-order chi connectivity index (χ1) is 12.0. The summed E-state index contributed by atoms with van der Waals surface area (Å²) in [7, 11) is 0. The van der Waals surface area contributed by atoms with Gasteiger partial charge in [-0.1, -0.05) is 35.9 Å². The van der Waals surface area contributed by atoms with E-state index in [1.54, 1.807) is 12.1 Å². The summed E-state index contributed by atoms with van der Waals surface area (Å²) >= 11 is 0. The van der Waals surface area contributed by atoms with Crippen LogP contribution >= 0.6 is 0 Å². The molecule has 0 spiro atoms. The van der Waals surface area contributed by atoms with Gasteiger partial charge in [0.25, 0.3) is 0 Å². The minimum absolute atomic E-state index is 0.0260. The number of rotatable bonds is 10. The van der Waals surface area contributed by atoms with Crippen LogP contribution in [-0.2, 0) is 17.6 Å². The Bertz CT molecular complexity index is 684. The van der Waals surface area contributed by atoms with Crippen molar-refractivity contribution in [3.8, 4) is 11.5 Å². The number of nitrogens with one attached hydrogen (secondary N) is 1. The third kappa shape index (κ3) is 6.85. The fraction of sp³-hybridized carbons (Fsp3) is 0.350. The second-order valence-corrected chi connectivity index (χ2v) is 6.13. The fourth-order valence-corrected chi connectivity index (χ4v) is 2.53. The summed E-state index contributed by atoms with van der Waals surface area (Å²) in [4.78, 5) is 10.9. The molecular formula is C20H26N2O3. The second kappa shape index (κ2) is 9.69. The van der Waals surface area contributed by atoms with Crippen LogP contribution in [-0.4, -0.2) is 30.7 Å². The SMILES string of the molecule is Cc1ccc(CCCNCCOc2ccc(CC(N)=O)cc2O)cc1. The van der Waals surface area contributed by atoms with E-state index >= 15 is 0 Å². The molecule has 0 aliphatic rings. The lowest BCUT2D eigenvalue weighted by molar-refractivity contribution is -0.117. The maximum Gasteiger partial charge on any atom is 0.221 e. The van der Waals surface area contributed by atoms with Crippen molar-refractivity contribution in [2.45, 2.75) is 26.2 Å². The van der Waals surface area contributed by atoms with Crippen molar-refractivity contribution in [1.29, 1.82) is 0 Å². The van der Waals surface area contributed by atoms with Gasteiger partial charge in [0.15, 0.2) is 11.5 Å². The summed E-state index contributed by atoms with van der Waals surface area (Å²) < 4.78 is 5.55. The Morgan fingerprint density at radius 1 is 1.12 bits per heavy atom. The van der Waals surface area contributed by atoms with Gasteiger partial charge in [-0.05, 0) is 49.6 Å². The highest BCUT2D eigenvalue weighted by Gasteiger charge is 2.05. The van der Waals surface area contributed by atoms with Crippen molar-refractivity contribution in [3.63, 3.8) is 0 Å². The maximum absolute atomic E-state index is 10.9. The average molecular weight is 342 g/mol. The van der Waals surface area contributed by atoms with Crippen LogP contribution < -0.4 is 15.8 Å².